The molecular weight excluding hydrogens is 224 g/mol. The first kappa shape index (κ1) is 13.3. The first-order chi connectivity index (χ1) is 8.13. The topological polar surface area (TPSA) is 87.7 Å². The van der Waals surface area contributed by atoms with Crippen molar-refractivity contribution in [2.45, 2.75) is 32.0 Å². The lowest BCUT2D eigenvalue weighted by Crippen LogP contribution is -2.40. The average Bonchev–Trinajstić information content (AvgIpc) is 2.75. The van der Waals surface area contributed by atoms with Gasteiger partial charge in [-0.1, -0.05) is 5.92 Å². The van der Waals surface area contributed by atoms with Gasteiger partial charge in [-0.2, -0.15) is 0 Å². The number of hydrogen-bond donors (Lipinski definition) is 3. The van der Waals surface area contributed by atoms with Gasteiger partial charge in [0.25, 0.3) is 0 Å². The number of carbonyl (C=O) groups is 2. The summed E-state index contributed by atoms with van der Waals surface area (Å²) in [6, 6.07) is -0.324. The summed E-state index contributed by atoms with van der Waals surface area (Å²) in [6.45, 7) is 2.30. The number of aliphatic carboxylic acids is 1. The minimum absolute atomic E-state index is 0.223. The van der Waals surface area contributed by atoms with Gasteiger partial charge in [-0.05, 0) is 19.8 Å². The number of rotatable bonds is 4. The minimum Gasteiger partial charge on any atom is -0.479 e. The second-order valence-corrected chi connectivity index (χ2v) is 3.65. The molecule has 94 valence electrons. The summed E-state index contributed by atoms with van der Waals surface area (Å²) in [6.07, 6.45) is 0.173. The normalized spacial score (nSPS) is 22.4. The van der Waals surface area contributed by atoms with E-state index in [0.29, 0.717) is 25.9 Å². The van der Waals surface area contributed by atoms with E-state index in [1.807, 2.05) is 0 Å². The van der Waals surface area contributed by atoms with Gasteiger partial charge < -0.3 is 20.5 Å². The first-order valence-corrected chi connectivity index (χ1v) is 5.43. The zero-order chi connectivity index (χ0) is 12.7. The predicted molar refractivity (Wildman–Crippen MR) is 60.4 cm³/mol. The predicted octanol–water partition coefficient (Wildman–Crippen LogP) is -0.0589. The summed E-state index contributed by atoms with van der Waals surface area (Å²) in [4.78, 5) is 21.8. The molecule has 1 heterocycles. The molecule has 6 heteroatoms. The highest BCUT2D eigenvalue weighted by Crippen LogP contribution is 2.18. The molecule has 1 aliphatic heterocycles. The van der Waals surface area contributed by atoms with Crippen molar-refractivity contribution in [2.24, 2.45) is 0 Å². The van der Waals surface area contributed by atoms with Crippen LogP contribution in [0.3, 0.4) is 0 Å². The number of amides is 2. The molecule has 0 aliphatic carbocycles. The van der Waals surface area contributed by atoms with Gasteiger partial charge in [-0.25, -0.2) is 9.59 Å². The molecule has 0 bridgehead atoms. The average molecular weight is 240 g/mol. The molecule has 3 N–H and O–H groups in total. The Hall–Kier alpha value is -1.74. The second kappa shape index (κ2) is 6.76. The lowest BCUT2D eigenvalue weighted by molar-refractivity contribution is -0.149. The van der Waals surface area contributed by atoms with Gasteiger partial charge in [0.1, 0.15) is 0 Å². The lowest BCUT2D eigenvalue weighted by Gasteiger charge is -2.12. The van der Waals surface area contributed by atoms with Crippen LogP contribution in [-0.2, 0) is 9.53 Å². The highest BCUT2D eigenvalue weighted by atomic mass is 16.5. The third kappa shape index (κ3) is 4.74. The molecule has 0 aromatic carbocycles. The minimum atomic E-state index is -0.949. The van der Waals surface area contributed by atoms with Crippen LogP contribution in [0.25, 0.3) is 0 Å². The van der Waals surface area contributed by atoms with Gasteiger partial charge in [0, 0.05) is 6.54 Å². The van der Waals surface area contributed by atoms with E-state index < -0.39 is 12.1 Å². The van der Waals surface area contributed by atoms with Crippen molar-refractivity contribution in [3.05, 3.63) is 0 Å². The summed E-state index contributed by atoms with van der Waals surface area (Å²) in [5.74, 6) is 4.41. The molecule has 1 saturated heterocycles. The maximum atomic E-state index is 11.2. The van der Waals surface area contributed by atoms with Gasteiger partial charge in [0.05, 0.1) is 12.6 Å². The number of ether oxygens (including phenoxy) is 1. The lowest BCUT2D eigenvalue weighted by atomic mass is 10.2. The van der Waals surface area contributed by atoms with E-state index in [0.717, 1.165) is 0 Å². The van der Waals surface area contributed by atoms with Crippen molar-refractivity contribution in [1.29, 1.82) is 0 Å². The molecule has 1 aliphatic rings. The SMILES string of the molecule is CC#CCNC(=O)NCC1CCC(C(=O)O)O1. The van der Waals surface area contributed by atoms with E-state index in [4.69, 9.17) is 9.84 Å². The van der Waals surface area contributed by atoms with Crippen molar-refractivity contribution < 1.29 is 19.4 Å². The molecule has 0 aromatic rings. The molecule has 0 spiro atoms. The Bertz CT molecular complexity index is 345. The van der Waals surface area contributed by atoms with E-state index in [2.05, 4.69) is 22.5 Å². The number of carboxylic acid groups (broad SMARTS) is 1. The van der Waals surface area contributed by atoms with Crippen LogP contribution in [0.2, 0.25) is 0 Å². The van der Waals surface area contributed by atoms with Crippen LogP contribution in [0.4, 0.5) is 4.79 Å². The zero-order valence-electron chi connectivity index (χ0n) is 9.66. The Labute approximate surface area is 99.7 Å². The summed E-state index contributed by atoms with van der Waals surface area (Å²) < 4.78 is 5.23. The Morgan fingerprint density at radius 2 is 2.18 bits per heavy atom. The third-order valence-electron chi connectivity index (χ3n) is 2.39. The van der Waals surface area contributed by atoms with Crippen LogP contribution in [0, 0.1) is 11.8 Å². The monoisotopic (exact) mass is 240 g/mol. The van der Waals surface area contributed by atoms with Crippen molar-refractivity contribution in [1.82, 2.24) is 10.6 Å². The van der Waals surface area contributed by atoms with Gasteiger partial charge in [-0.3, -0.25) is 0 Å². The molecular formula is C11H16N2O4. The van der Waals surface area contributed by atoms with E-state index >= 15 is 0 Å². The molecule has 0 saturated carbocycles. The number of nitrogens with one attached hydrogen (secondary N) is 2. The molecule has 1 rings (SSSR count). The van der Waals surface area contributed by atoms with Gasteiger partial charge >= 0.3 is 12.0 Å². The van der Waals surface area contributed by atoms with E-state index in [9.17, 15) is 9.59 Å². The molecule has 6 nitrogen and oxygen atoms in total. The van der Waals surface area contributed by atoms with E-state index in [1.54, 1.807) is 6.92 Å². The fourth-order valence-electron chi connectivity index (χ4n) is 1.52. The quantitative estimate of drug-likeness (QED) is 0.601. The summed E-state index contributed by atoms with van der Waals surface area (Å²) >= 11 is 0. The Morgan fingerprint density at radius 1 is 1.41 bits per heavy atom. The van der Waals surface area contributed by atoms with E-state index in [-0.39, 0.29) is 12.1 Å². The van der Waals surface area contributed by atoms with Crippen LogP contribution in [0.1, 0.15) is 19.8 Å². The maximum absolute atomic E-state index is 11.2. The Morgan fingerprint density at radius 3 is 2.76 bits per heavy atom. The highest BCUT2D eigenvalue weighted by Gasteiger charge is 2.30. The van der Waals surface area contributed by atoms with Crippen LogP contribution in [0.5, 0.6) is 0 Å². The zero-order valence-corrected chi connectivity index (χ0v) is 9.66. The van der Waals surface area contributed by atoms with Crippen LogP contribution >= 0.6 is 0 Å². The van der Waals surface area contributed by atoms with E-state index in [1.165, 1.54) is 0 Å². The fraction of sp³-hybridized carbons (Fsp3) is 0.636. The molecule has 1 fully saturated rings. The Balaban J connectivity index is 2.16. The van der Waals surface area contributed by atoms with Gasteiger partial charge in [-0.15, -0.1) is 5.92 Å². The first-order valence-electron chi connectivity index (χ1n) is 5.43. The molecule has 0 aromatic heterocycles. The number of carbonyl (C=O) groups excluding carboxylic acids is 1. The van der Waals surface area contributed by atoms with Crippen molar-refractivity contribution in [3.8, 4) is 11.8 Å². The number of carboxylic acids is 1. The molecule has 0 radical (unpaired) electrons. The molecule has 17 heavy (non-hydrogen) atoms. The van der Waals surface area contributed by atoms with Crippen LogP contribution in [-0.4, -0.2) is 42.4 Å². The Kier molecular flexibility index (Phi) is 5.30. The maximum Gasteiger partial charge on any atom is 0.332 e. The smallest absolute Gasteiger partial charge is 0.332 e. The van der Waals surface area contributed by atoms with Crippen molar-refractivity contribution in [3.63, 3.8) is 0 Å². The summed E-state index contributed by atoms with van der Waals surface area (Å²) in [5, 5.41) is 13.9. The third-order valence-corrected chi connectivity index (χ3v) is 2.39. The molecule has 2 atom stereocenters. The molecule has 2 amide bonds. The fourth-order valence-corrected chi connectivity index (χ4v) is 1.52. The second-order valence-electron chi connectivity index (χ2n) is 3.65. The van der Waals surface area contributed by atoms with Gasteiger partial charge in [0.15, 0.2) is 6.10 Å². The van der Waals surface area contributed by atoms with Crippen LogP contribution < -0.4 is 10.6 Å². The molecule has 2 unspecified atom stereocenters. The standard InChI is InChI=1S/C11H16N2O4/c1-2-3-6-12-11(16)13-7-8-4-5-9(17-8)10(14)15/h8-9H,4-7H2,1H3,(H,14,15)(H2,12,13,16). The van der Waals surface area contributed by atoms with Gasteiger partial charge in [0.2, 0.25) is 0 Å². The number of hydrogen-bond acceptors (Lipinski definition) is 3. The van der Waals surface area contributed by atoms with Crippen molar-refractivity contribution >= 4 is 12.0 Å². The summed E-state index contributed by atoms with van der Waals surface area (Å²) in [5.41, 5.74) is 0. The van der Waals surface area contributed by atoms with Crippen molar-refractivity contribution in [2.75, 3.05) is 13.1 Å². The highest BCUT2D eigenvalue weighted by molar-refractivity contribution is 5.74. The summed E-state index contributed by atoms with van der Waals surface area (Å²) in [7, 11) is 0. The largest absolute Gasteiger partial charge is 0.479 e. The number of urea groups is 1. The van der Waals surface area contributed by atoms with Crippen LogP contribution in [0.15, 0.2) is 0 Å².